The first kappa shape index (κ1) is 23.0. The number of benzene rings is 1. The van der Waals surface area contributed by atoms with Crippen LogP contribution in [-0.2, 0) is 20.9 Å². The zero-order valence-corrected chi connectivity index (χ0v) is 19.0. The van der Waals surface area contributed by atoms with Gasteiger partial charge in [-0.15, -0.1) is 0 Å². The van der Waals surface area contributed by atoms with Crippen molar-refractivity contribution in [2.45, 2.75) is 58.5 Å². The van der Waals surface area contributed by atoms with Crippen molar-refractivity contribution in [1.29, 1.82) is 0 Å². The number of carbonyl (C=O) groups excluding carboxylic acids is 4. The van der Waals surface area contributed by atoms with Crippen LogP contribution in [0.4, 0.5) is 0 Å². The third-order valence-corrected chi connectivity index (χ3v) is 6.07. The maximum absolute atomic E-state index is 13.3. The predicted molar refractivity (Wildman–Crippen MR) is 120 cm³/mol. The van der Waals surface area contributed by atoms with Crippen molar-refractivity contribution >= 4 is 34.5 Å². The zero-order chi connectivity index (χ0) is 23.5. The van der Waals surface area contributed by atoms with Crippen molar-refractivity contribution in [3.8, 4) is 5.75 Å². The van der Waals surface area contributed by atoms with Crippen molar-refractivity contribution in [2.75, 3.05) is 19.8 Å². The number of amides is 4. The highest BCUT2D eigenvalue weighted by Crippen LogP contribution is 2.37. The Balaban J connectivity index is 1.53. The molecule has 1 N–H and O–H groups in total. The summed E-state index contributed by atoms with van der Waals surface area (Å²) in [6.07, 6.45) is 3.15. The molecule has 3 heterocycles. The average molecular weight is 456 g/mol. The van der Waals surface area contributed by atoms with Gasteiger partial charge in [0, 0.05) is 44.1 Å². The quantitative estimate of drug-likeness (QED) is 0.436. The second kappa shape index (κ2) is 9.74. The predicted octanol–water partition coefficient (Wildman–Crippen LogP) is 2.65. The summed E-state index contributed by atoms with van der Waals surface area (Å²) in [5, 5.41) is 2.87. The molecule has 1 aromatic heterocycles. The van der Waals surface area contributed by atoms with E-state index in [1.807, 2.05) is 13.0 Å². The minimum absolute atomic E-state index is 0.0938. The van der Waals surface area contributed by atoms with E-state index in [2.05, 4.69) is 12.2 Å². The molecule has 1 unspecified atom stereocenters. The summed E-state index contributed by atoms with van der Waals surface area (Å²) in [6, 6.07) is 4.43. The number of unbranched alkanes of at least 4 members (excludes halogenated alkanes) is 1. The van der Waals surface area contributed by atoms with Gasteiger partial charge in [0.2, 0.25) is 11.8 Å². The largest absolute Gasteiger partial charge is 0.493 e. The van der Waals surface area contributed by atoms with E-state index in [-0.39, 0.29) is 18.5 Å². The van der Waals surface area contributed by atoms with E-state index in [1.165, 1.54) is 0 Å². The number of aryl methyl sites for hydroxylation is 1. The number of piperidine rings is 1. The van der Waals surface area contributed by atoms with Gasteiger partial charge in [-0.3, -0.25) is 29.4 Å². The van der Waals surface area contributed by atoms with Crippen LogP contribution < -0.4 is 10.1 Å². The molecule has 0 bridgehead atoms. The first-order valence-corrected chi connectivity index (χ1v) is 11.6. The molecule has 0 spiro atoms. The molecule has 0 aliphatic carbocycles. The molecule has 2 aliphatic rings. The number of imide groups is 2. The van der Waals surface area contributed by atoms with Gasteiger partial charge in [0.1, 0.15) is 17.5 Å². The molecular formula is C24H29N3O6. The van der Waals surface area contributed by atoms with Crippen LogP contribution in [0.5, 0.6) is 5.75 Å². The fourth-order valence-corrected chi connectivity index (χ4v) is 4.42. The highest BCUT2D eigenvalue weighted by Gasteiger charge is 2.47. The molecule has 9 nitrogen and oxygen atoms in total. The van der Waals surface area contributed by atoms with Gasteiger partial charge in [0.25, 0.3) is 11.8 Å². The van der Waals surface area contributed by atoms with Crippen LogP contribution in [0.15, 0.2) is 18.2 Å². The van der Waals surface area contributed by atoms with Crippen LogP contribution in [0, 0.1) is 0 Å². The van der Waals surface area contributed by atoms with E-state index in [4.69, 9.17) is 9.47 Å². The number of carbonyl (C=O) groups is 4. The van der Waals surface area contributed by atoms with Gasteiger partial charge in [-0.2, -0.15) is 0 Å². The Kier molecular flexibility index (Phi) is 6.78. The fraction of sp³-hybridized carbons (Fsp3) is 0.500. The second-order valence-corrected chi connectivity index (χ2v) is 8.26. The van der Waals surface area contributed by atoms with Gasteiger partial charge in [0.05, 0.1) is 17.7 Å². The SMILES string of the molecule is CCCCOCCCOc1ccc2c3c(n(CC)c2c1)C(=O)N(C1CCC(=O)NC1=O)C3=O. The molecular weight excluding hydrogens is 426 g/mol. The number of nitrogens with zero attached hydrogens (tertiary/aromatic N) is 2. The highest BCUT2D eigenvalue weighted by atomic mass is 16.5. The Labute approximate surface area is 192 Å². The van der Waals surface area contributed by atoms with Gasteiger partial charge in [0.15, 0.2) is 0 Å². The fourth-order valence-electron chi connectivity index (χ4n) is 4.42. The molecule has 4 rings (SSSR count). The van der Waals surface area contributed by atoms with Gasteiger partial charge in [-0.05, 0) is 31.9 Å². The summed E-state index contributed by atoms with van der Waals surface area (Å²) in [5.74, 6) is -1.35. The first-order valence-electron chi connectivity index (χ1n) is 11.6. The molecule has 1 atom stereocenters. The van der Waals surface area contributed by atoms with Crippen LogP contribution in [-0.4, -0.2) is 59.0 Å². The van der Waals surface area contributed by atoms with Crippen molar-refractivity contribution < 1.29 is 28.7 Å². The number of ether oxygens (including phenoxy) is 2. The number of hydrogen-bond donors (Lipinski definition) is 1. The molecule has 9 heteroatoms. The van der Waals surface area contributed by atoms with E-state index >= 15 is 0 Å². The third-order valence-electron chi connectivity index (χ3n) is 6.07. The molecule has 176 valence electrons. The van der Waals surface area contributed by atoms with Crippen molar-refractivity contribution in [2.24, 2.45) is 0 Å². The summed E-state index contributed by atoms with van der Waals surface area (Å²) >= 11 is 0. The monoisotopic (exact) mass is 455 g/mol. The second-order valence-electron chi connectivity index (χ2n) is 8.26. The summed E-state index contributed by atoms with van der Waals surface area (Å²) in [5.41, 5.74) is 1.32. The normalized spacial score (nSPS) is 18.2. The maximum atomic E-state index is 13.3. The zero-order valence-electron chi connectivity index (χ0n) is 19.0. The molecule has 2 aliphatic heterocycles. The van der Waals surface area contributed by atoms with E-state index < -0.39 is 29.7 Å². The molecule has 0 radical (unpaired) electrons. The lowest BCUT2D eigenvalue weighted by Crippen LogP contribution is -2.54. The average Bonchev–Trinajstić information content (AvgIpc) is 3.25. The van der Waals surface area contributed by atoms with Crippen molar-refractivity contribution in [3.63, 3.8) is 0 Å². The minimum atomic E-state index is -0.974. The standard InChI is InChI=1S/C24H29N3O6/c1-3-5-11-32-12-6-13-33-15-7-8-16-18(14-15)26(4-2)21-20(16)23(30)27(24(21)31)17-9-10-19(28)25-22(17)29/h7-8,14,17H,3-6,9-13H2,1-2H3,(H,25,28,29). The Hall–Kier alpha value is -3.20. The Morgan fingerprint density at radius 1 is 1.03 bits per heavy atom. The molecule has 2 aromatic rings. The Morgan fingerprint density at radius 3 is 2.55 bits per heavy atom. The lowest BCUT2D eigenvalue weighted by molar-refractivity contribution is -0.136. The number of aromatic nitrogens is 1. The van der Waals surface area contributed by atoms with Crippen molar-refractivity contribution in [1.82, 2.24) is 14.8 Å². The van der Waals surface area contributed by atoms with E-state index in [0.717, 1.165) is 36.3 Å². The van der Waals surface area contributed by atoms with Crippen LogP contribution in [0.2, 0.25) is 0 Å². The molecule has 1 aromatic carbocycles. The number of nitrogens with one attached hydrogen (secondary N) is 1. The van der Waals surface area contributed by atoms with E-state index in [1.54, 1.807) is 16.7 Å². The topological polar surface area (TPSA) is 107 Å². The number of rotatable bonds is 10. The smallest absolute Gasteiger partial charge is 0.278 e. The summed E-state index contributed by atoms with van der Waals surface area (Å²) < 4.78 is 13.2. The van der Waals surface area contributed by atoms with Crippen molar-refractivity contribution in [3.05, 3.63) is 29.5 Å². The van der Waals surface area contributed by atoms with Gasteiger partial charge < -0.3 is 14.0 Å². The number of hydrogen-bond acceptors (Lipinski definition) is 6. The molecule has 4 amide bonds. The van der Waals surface area contributed by atoms with Crippen LogP contribution in [0.25, 0.3) is 10.9 Å². The molecule has 1 fully saturated rings. The molecule has 0 saturated carbocycles. The van der Waals surface area contributed by atoms with E-state index in [0.29, 0.717) is 36.5 Å². The van der Waals surface area contributed by atoms with Gasteiger partial charge >= 0.3 is 0 Å². The number of fused-ring (bicyclic) bond motifs is 3. The Bertz CT molecular complexity index is 1110. The summed E-state index contributed by atoms with van der Waals surface area (Å²) in [4.78, 5) is 51.3. The summed E-state index contributed by atoms with van der Waals surface area (Å²) in [6.45, 7) is 6.40. The highest BCUT2D eigenvalue weighted by molar-refractivity contribution is 6.28. The molecule has 1 saturated heterocycles. The van der Waals surface area contributed by atoms with E-state index in [9.17, 15) is 19.2 Å². The van der Waals surface area contributed by atoms with Crippen LogP contribution in [0.3, 0.4) is 0 Å². The Morgan fingerprint density at radius 2 is 1.82 bits per heavy atom. The lowest BCUT2D eigenvalue weighted by atomic mass is 10.0. The minimum Gasteiger partial charge on any atom is -0.493 e. The van der Waals surface area contributed by atoms with Crippen LogP contribution >= 0.6 is 0 Å². The summed E-state index contributed by atoms with van der Waals surface area (Å²) in [7, 11) is 0. The van der Waals surface area contributed by atoms with Crippen LogP contribution in [0.1, 0.15) is 66.8 Å². The third kappa shape index (κ3) is 4.25. The van der Waals surface area contributed by atoms with Gasteiger partial charge in [-0.1, -0.05) is 13.3 Å². The van der Waals surface area contributed by atoms with Gasteiger partial charge in [-0.25, -0.2) is 0 Å². The first-order chi connectivity index (χ1) is 16.0. The maximum Gasteiger partial charge on any atom is 0.278 e. The molecule has 33 heavy (non-hydrogen) atoms. The lowest BCUT2D eigenvalue weighted by Gasteiger charge is -2.28.